The lowest BCUT2D eigenvalue weighted by Crippen LogP contribution is -3.08. The van der Waals surface area contributed by atoms with Crippen LogP contribution in [0.1, 0.15) is 19.8 Å². The summed E-state index contributed by atoms with van der Waals surface area (Å²) in [6, 6.07) is 0.736. The van der Waals surface area contributed by atoms with Crippen LogP contribution in [0.15, 0.2) is 0 Å². The Morgan fingerprint density at radius 1 is 1.19 bits per heavy atom. The normalized spacial score (nSPS) is 32.8. The van der Waals surface area contributed by atoms with Crippen molar-refractivity contribution < 1.29 is 9.69 Å². The largest absolute Gasteiger partial charge is 0.468 e. The fourth-order valence-corrected chi connectivity index (χ4v) is 2.78. The summed E-state index contributed by atoms with van der Waals surface area (Å²) in [4.78, 5) is 17.2. The molecule has 16 heavy (non-hydrogen) atoms. The summed E-state index contributed by atoms with van der Waals surface area (Å²) in [5.41, 5.74) is 0. The van der Waals surface area contributed by atoms with E-state index >= 15 is 0 Å². The first-order valence-electron chi connectivity index (χ1n) is 6.33. The fraction of sp³-hybridized carbons (Fsp3) is 0.833. The second-order valence-corrected chi connectivity index (χ2v) is 5.02. The predicted octanol–water partition coefficient (Wildman–Crippen LogP) is -1.01. The molecule has 0 spiro atoms. The van der Waals surface area contributed by atoms with Crippen molar-refractivity contribution in [3.8, 4) is 0 Å². The molecule has 0 aliphatic carbocycles. The maximum atomic E-state index is 11.2. The second kappa shape index (κ2) is 5.15. The van der Waals surface area contributed by atoms with E-state index in [0.717, 1.165) is 32.2 Å². The molecule has 0 radical (unpaired) electrons. The lowest BCUT2D eigenvalue weighted by Gasteiger charge is -2.42. The summed E-state index contributed by atoms with van der Waals surface area (Å²) in [5, 5.41) is 0. The van der Waals surface area contributed by atoms with Crippen molar-refractivity contribution in [3.63, 3.8) is 0 Å². The van der Waals surface area contributed by atoms with Crippen LogP contribution in [0, 0.1) is 7.05 Å². The summed E-state index contributed by atoms with van der Waals surface area (Å²) in [7, 11) is 4.06. The van der Waals surface area contributed by atoms with Gasteiger partial charge in [0, 0.05) is 52.0 Å². The number of rotatable bonds is 1. The SMILES string of the molecule is [CH2-][NH+]1CCC(N2CCN(C(C)=O)CC2)CC1. The lowest BCUT2D eigenvalue weighted by molar-refractivity contribution is -0.859. The van der Waals surface area contributed by atoms with Gasteiger partial charge in [-0.3, -0.25) is 9.69 Å². The summed E-state index contributed by atoms with van der Waals surface area (Å²) < 4.78 is 0. The number of hydrogen-bond acceptors (Lipinski definition) is 2. The average molecular weight is 225 g/mol. The molecule has 2 aliphatic rings. The molecule has 0 aromatic heterocycles. The number of hydrogen-bond donors (Lipinski definition) is 1. The highest BCUT2D eigenvalue weighted by molar-refractivity contribution is 5.73. The van der Waals surface area contributed by atoms with Crippen LogP contribution in [0.25, 0.3) is 0 Å². The Labute approximate surface area is 98.2 Å². The van der Waals surface area contributed by atoms with Gasteiger partial charge < -0.3 is 9.80 Å². The van der Waals surface area contributed by atoms with Gasteiger partial charge in [-0.1, -0.05) is 0 Å². The number of carbonyl (C=O) groups is 1. The minimum absolute atomic E-state index is 0.219. The van der Waals surface area contributed by atoms with Crippen LogP contribution >= 0.6 is 0 Å². The molecule has 92 valence electrons. The van der Waals surface area contributed by atoms with Gasteiger partial charge >= 0.3 is 0 Å². The van der Waals surface area contributed by atoms with Crippen molar-refractivity contribution in [1.82, 2.24) is 9.80 Å². The molecular formula is C12H23N3O. The summed E-state index contributed by atoms with van der Waals surface area (Å²) >= 11 is 0. The standard InChI is InChI=1S/C12H23N3O/c1-11(16)14-7-9-15(10-8-14)12-3-5-13(2)6-4-12/h12-13H,2-10H2,1H3. The zero-order valence-electron chi connectivity index (χ0n) is 10.2. The Bertz CT molecular complexity index is 241. The Morgan fingerprint density at radius 2 is 1.75 bits per heavy atom. The third-order valence-electron chi connectivity index (χ3n) is 3.94. The van der Waals surface area contributed by atoms with Crippen molar-refractivity contribution >= 4 is 5.91 Å². The van der Waals surface area contributed by atoms with E-state index in [0.29, 0.717) is 0 Å². The van der Waals surface area contributed by atoms with Gasteiger partial charge in [-0.15, -0.1) is 0 Å². The zero-order chi connectivity index (χ0) is 11.5. The number of piperazine rings is 1. The van der Waals surface area contributed by atoms with E-state index in [2.05, 4.69) is 11.9 Å². The minimum atomic E-state index is 0.219. The first kappa shape index (κ1) is 11.9. The monoisotopic (exact) mass is 225 g/mol. The molecule has 0 aromatic rings. The molecule has 0 unspecified atom stereocenters. The van der Waals surface area contributed by atoms with E-state index in [4.69, 9.17) is 0 Å². The number of amides is 1. The maximum absolute atomic E-state index is 11.2. The van der Waals surface area contributed by atoms with Gasteiger partial charge in [0.05, 0.1) is 13.1 Å². The number of likely N-dealkylation sites (tertiary alicyclic amines) is 1. The molecular weight excluding hydrogens is 202 g/mol. The van der Waals surface area contributed by atoms with Gasteiger partial charge in [0.1, 0.15) is 0 Å². The molecule has 4 nitrogen and oxygen atoms in total. The van der Waals surface area contributed by atoms with Gasteiger partial charge in [0.2, 0.25) is 5.91 Å². The van der Waals surface area contributed by atoms with E-state index in [9.17, 15) is 4.79 Å². The van der Waals surface area contributed by atoms with Crippen molar-refractivity contribution in [2.45, 2.75) is 25.8 Å². The van der Waals surface area contributed by atoms with Gasteiger partial charge in [-0.05, 0) is 0 Å². The van der Waals surface area contributed by atoms with Gasteiger partial charge in [-0.2, -0.15) is 7.05 Å². The Morgan fingerprint density at radius 3 is 2.25 bits per heavy atom. The topological polar surface area (TPSA) is 28.0 Å². The molecule has 4 heteroatoms. The molecule has 0 atom stereocenters. The fourth-order valence-electron chi connectivity index (χ4n) is 2.78. The van der Waals surface area contributed by atoms with Crippen molar-refractivity contribution in [2.75, 3.05) is 39.3 Å². The molecule has 0 bridgehead atoms. The summed E-state index contributed by atoms with van der Waals surface area (Å²) in [6.45, 7) is 7.97. The van der Waals surface area contributed by atoms with E-state index in [1.165, 1.54) is 30.8 Å². The van der Waals surface area contributed by atoms with Crippen LogP contribution in [-0.4, -0.2) is 61.0 Å². The third kappa shape index (κ3) is 2.74. The molecule has 2 heterocycles. The van der Waals surface area contributed by atoms with Crippen molar-refractivity contribution in [1.29, 1.82) is 0 Å². The van der Waals surface area contributed by atoms with Crippen LogP contribution < -0.4 is 4.90 Å². The molecule has 2 saturated heterocycles. The van der Waals surface area contributed by atoms with Crippen LogP contribution in [0.4, 0.5) is 0 Å². The summed E-state index contributed by atoms with van der Waals surface area (Å²) in [6.07, 6.45) is 2.53. The van der Waals surface area contributed by atoms with E-state index < -0.39 is 0 Å². The number of nitrogens with zero attached hydrogens (tertiary/aromatic N) is 2. The highest BCUT2D eigenvalue weighted by atomic mass is 16.2. The molecule has 1 N–H and O–H groups in total. The minimum Gasteiger partial charge on any atom is -0.468 e. The highest BCUT2D eigenvalue weighted by Gasteiger charge is 2.27. The number of carbonyl (C=O) groups excluding carboxylic acids is 1. The smallest absolute Gasteiger partial charge is 0.219 e. The van der Waals surface area contributed by atoms with Crippen molar-refractivity contribution in [3.05, 3.63) is 7.05 Å². The molecule has 2 aliphatic heterocycles. The van der Waals surface area contributed by atoms with E-state index in [-0.39, 0.29) is 5.91 Å². The van der Waals surface area contributed by atoms with Crippen LogP contribution in [0.2, 0.25) is 0 Å². The van der Waals surface area contributed by atoms with E-state index in [1.807, 2.05) is 4.90 Å². The maximum Gasteiger partial charge on any atom is 0.219 e. The van der Waals surface area contributed by atoms with Crippen molar-refractivity contribution in [2.24, 2.45) is 0 Å². The van der Waals surface area contributed by atoms with Crippen LogP contribution in [0.3, 0.4) is 0 Å². The molecule has 2 rings (SSSR count). The Hall–Kier alpha value is -0.610. The number of nitrogens with one attached hydrogen (secondary N) is 1. The quantitative estimate of drug-likeness (QED) is 0.579. The first-order chi connectivity index (χ1) is 7.66. The van der Waals surface area contributed by atoms with Gasteiger partial charge in [-0.25, -0.2) is 0 Å². The first-order valence-corrected chi connectivity index (χ1v) is 6.33. The van der Waals surface area contributed by atoms with E-state index in [1.54, 1.807) is 6.92 Å². The second-order valence-electron chi connectivity index (χ2n) is 5.02. The third-order valence-corrected chi connectivity index (χ3v) is 3.94. The molecule has 2 fully saturated rings. The molecule has 1 amide bonds. The van der Waals surface area contributed by atoms with Gasteiger partial charge in [0.15, 0.2) is 0 Å². The zero-order valence-corrected chi connectivity index (χ0v) is 10.2. The number of quaternary nitrogens is 1. The molecule has 0 aromatic carbocycles. The molecule has 0 saturated carbocycles. The Balaban J connectivity index is 1.78. The van der Waals surface area contributed by atoms with Crippen LogP contribution in [0.5, 0.6) is 0 Å². The average Bonchev–Trinajstić information content (AvgIpc) is 2.30. The Kier molecular flexibility index (Phi) is 3.82. The number of piperidine rings is 1. The summed E-state index contributed by atoms with van der Waals surface area (Å²) in [5.74, 6) is 0.219. The van der Waals surface area contributed by atoms with Crippen LogP contribution in [-0.2, 0) is 4.79 Å². The van der Waals surface area contributed by atoms with Gasteiger partial charge in [0.25, 0.3) is 0 Å². The predicted molar refractivity (Wildman–Crippen MR) is 62.9 cm³/mol. The highest BCUT2D eigenvalue weighted by Crippen LogP contribution is 2.13. The lowest BCUT2D eigenvalue weighted by atomic mass is 10.0.